The van der Waals surface area contributed by atoms with Crippen molar-refractivity contribution in [2.24, 2.45) is 0 Å². The number of hydrogen-bond donors (Lipinski definition) is 0. The standard InChI is InChI=1S/C16H17N3OS/c1-2-7-18(6-1)12-15-14-11-19(8-5-16(14)20-17-15)10-13-4-3-9-21-13/h1-4,6-7,9H,5,8,10-12H2. The fourth-order valence-corrected chi connectivity index (χ4v) is 3.60. The third-order valence-corrected chi connectivity index (χ3v) is 4.81. The maximum Gasteiger partial charge on any atom is 0.142 e. The first-order valence-corrected chi connectivity index (χ1v) is 8.08. The molecule has 0 bridgehead atoms. The van der Waals surface area contributed by atoms with Crippen molar-refractivity contribution < 1.29 is 4.52 Å². The van der Waals surface area contributed by atoms with E-state index in [1.165, 1.54) is 10.4 Å². The van der Waals surface area contributed by atoms with Gasteiger partial charge in [-0.25, -0.2) is 0 Å². The molecule has 0 aliphatic carbocycles. The minimum Gasteiger partial charge on any atom is -0.361 e. The molecule has 5 heteroatoms. The number of aromatic nitrogens is 2. The highest BCUT2D eigenvalue weighted by Crippen LogP contribution is 2.25. The largest absolute Gasteiger partial charge is 0.361 e. The van der Waals surface area contributed by atoms with Crippen molar-refractivity contribution in [3.8, 4) is 0 Å². The Hall–Kier alpha value is -1.85. The van der Waals surface area contributed by atoms with Crippen molar-refractivity contribution >= 4 is 11.3 Å². The molecule has 0 N–H and O–H groups in total. The Morgan fingerprint density at radius 3 is 2.90 bits per heavy atom. The molecule has 1 aliphatic heterocycles. The van der Waals surface area contributed by atoms with Gasteiger partial charge in [0, 0.05) is 48.9 Å². The summed E-state index contributed by atoms with van der Waals surface area (Å²) in [6.45, 7) is 3.79. The Balaban J connectivity index is 1.52. The van der Waals surface area contributed by atoms with E-state index in [0.29, 0.717) is 0 Å². The summed E-state index contributed by atoms with van der Waals surface area (Å²) in [6.07, 6.45) is 5.08. The summed E-state index contributed by atoms with van der Waals surface area (Å²) in [7, 11) is 0. The van der Waals surface area contributed by atoms with Crippen LogP contribution in [0.25, 0.3) is 0 Å². The van der Waals surface area contributed by atoms with Gasteiger partial charge >= 0.3 is 0 Å². The lowest BCUT2D eigenvalue weighted by Gasteiger charge is -2.25. The molecule has 3 aromatic heterocycles. The smallest absolute Gasteiger partial charge is 0.142 e. The Morgan fingerprint density at radius 2 is 2.10 bits per heavy atom. The maximum absolute atomic E-state index is 5.53. The SMILES string of the molecule is c1csc(CN2CCc3onc(Cn4cccc4)c3C2)c1. The summed E-state index contributed by atoms with van der Waals surface area (Å²) in [5.41, 5.74) is 2.35. The quantitative estimate of drug-likeness (QED) is 0.742. The van der Waals surface area contributed by atoms with Gasteiger partial charge < -0.3 is 9.09 Å². The summed E-state index contributed by atoms with van der Waals surface area (Å²) in [4.78, 5) is 3.90. The van der Waals surface area contributed by atoms with Gasteiger partial charge in [-0.3, -0.25) is 4.90 Å². The Morgan fingerprint density at radius 1 is 1.19 bits per heavy atom. The van der Waals surface area contributed by atoms with Crippen LogP contribution in [0.2, 0.25) is 0 Å². The van der Waals surface area contributed by atoms with E-state index >= 15 is 0 Å². The van der Waals surface area contributed by atoms with Gasteiger partial charge in [0.25, 0.3) is 0 Å². The van der Waals surface area contributed by atoms with E-state index in [4.69, 9.17) is 4.52 Å². The minimum atomic E-state index is 0.790. The van der Waals surface area contributed by atoms with Crippen LogP contribution in [0.3, 0.4) is 0 Å². The predicted molar refractivity (Wildman–Crippen MR) is 82.2 cm³/mol. The summed E-state index contributed by atoms with van der Waals surface area (Å²) >= 11 is 1.82. The van der Waals surface area contributed by atoms with Gasteiger partial charge in [0.05, 0.1) is 6.54 Å². The Bertz CT molecular complexity index is 700. The number of rotatable bonds is 4. The second kappa shape index (κ2) is 5.50. The lowest BCUT2D eigenvalue weighted by Crippen LogP contribution is -2.29. The first-order valence-electron chi connectivity index (χ1n) is 7.20. The second-order valence-corrected chi connectivity index (χ2v) is 6.46. The van der Waals surface area contributed by atoms with Crippen molar-refractivity contribution in [2.45, 2.75) is 26.1 Å². The maximum atomic E-state index is 5.53. The molecule has 0 atom stereocenters. The average Bonchev–Trinajstić information content (AvgIpc) is 3.22. The van der Waals surface area contributed by atoms with Crippen molar-refractivity contribution in [2.75, 3.05) is 6.54 Å². The van der Waals surface area contributed by atoms with Crippen LogP contribution in [0, 0.1) is 0 Å². The zero-order valence-corrected chi connectivity index (χ0v) is 12.6. The molecule has 0 spiro atoms. The molecule has 0 unspecified atom stereocenters. The number of thiophene rings is 1. The van der Waals surface area contributed by atoms with Crippen LogP contribution in [0.5, 0.6) is 0 Å². The summed E-state index contributed by atoms with van der Waals surface area (Å²) < 4.78 is 7.67. The highest BCUT2D eigenvalue weighted by Gasteiger charge is 2.24. The molecule has 0 saturated carbocycles. The molecule has 1 aliphatic rings. The molecule has 4 nitrogen and oxygen atoms in total. The minimum absolute atomic E-state index is 0.790. The highest BCUT2D eigenvalue weighted by atomic mass is 32.1. The Labute approximate surface area is 127 Å². The van der Waals surface area contributed by atoms with Gasteiger partial charge in [0.1, 0.15) is 11.5 Å². The molecule has 21 heavy (non-hydrogen) atoms. The van der Waals surface area contributed by atoms with Crippen LogP contribution >= 0.6 is 11.3 Å². The molecular weight excluding hydrogens is 282 g/mol. The zero-order valence-electron chi connectivity index (χ0n) is 11.7. The summed E-state index contributed by atoms with van der Waals surface area (Å²) in [6, 6.07) is 8.39. The zero-order chi connectivity index (χ0) is 14.1. The third kappa shape index (κ3) is 2.66. The first kappa shape index (κ1) is 12.9. The van der Waals surface area contributed by atoms with Gasteiger partial charge in [-0.05, 0) is 23.6 Å². The fraction of sp³-hybridized carbons (Fsp3) is 0.312. The number of hydrogen-bond acceptors (Lipinski definition) is 4. The van der Waals surface area contributed by atoms with Gasteiger partial charge in [-0.2, -0.15) is 0 Å². The fourth-order valence-electron chi connectivity index (χ4n) is 2.85. The van der Waals surface area contributed by atoms with Crippen LogP contribution < -0.4 is 0 Å². The lowest BCUT2D eigenvalue weighted by molar-refractivity contribution is 0.230. The predicted octanol–water partition coefficient (Wildman–Crippen LogP) is 3.14. The van der Waals surface area contributed by atoms with E-state index in [-0.39, 0.29) is 0 Å². The summed E-state index contributed by atoms with van der Waals surface area (Å²) in [5.74, 6) is 1.07. The third-order valence-electron chi connectivity index (χ3n) is 3.95. The van der Waals surface area contributed by atoms with Crippen LogP contribution in [-0.4, -0.2) is 21.2 Å². The molecule has 108 valence electrons. The molecule has 0 saturated heterocycles. The summed E-state index contributed by atoms with van der Waals surface area (Å²) in [5, 5.41) is 6.42. The monoisotopic (exact) mass is 299 g/mol. The lowest BCUT2D eigenvalue weighted by atomic mass is 10.1. The molecule has 0 fully saturated rings. The number of fused-ring (bicyclic) bond motifs is 1. The van der Waals surface area contributed by atoms with Gasteiger partial charge in [0.15, 0.2) is 0 Å². The van der Waals surface area contributed by atoms with E-state index in [2.05, 4.69) is 44.5 Å². The van der Waals surface area contributed by atoms with Crippen LogP contribution in [-0.2, 0) is 26.1 Å². The van der Waals surface area contributed by atoms with Crippen molar-refractivity contribution in [3.63, 3.8) is 0 Å². The molecule has 4 heterocycles. The van der Waals surface area contributed by atoms with E-state index in [9.17, 15) is 0 Å². The van der Waals surface area contributed by atoms with Gasteiger partial charge in [-0.15, -0.1) is 11.3 Å². The van der Waals surface area contributed by atoms with Crippen molar-refractivity contribution in [3.05, 3.63) is 63.9 Å². The van der Waals surface area contributed by atoms with Crippen molar-refractivity contribution in [1.29, 1.82) is 0 Å². The van der Waals surface area contributed by atoms with Crippen molar-refractivity contribution in [1.82, 2.24) is 14.6 Å². The topological polar surface area (TPSA) is 34.2 Å². The van der Waals surface area contributed by atoms with Gasteiger partial charge in [0.2, 0.25) is 0 Å². The van der Waals surface area contributed by atoms with E-state index in [0.717, 1.165) is 44.1 Å². The molecule has 3 aromatic rings. The van der Waals surface area contributed by atoms with Gasteiger partial charge in [-0.1, -0.05) is 11.2 Å². The molecule has 0 amide bonds. The van der Waals surface area contributed by atoms with Crippen LogP contribution in [0.15, 0.2) is 46.6 Å². The highest BCUT2D eigenvalue weighted by molar-refractivity contribution is 7.09. The van der Waals surface area contributed by atoms with E-state index in [1.54, 1.807) is 0 Å². The van der Waals surface area contributed by atoms with Crippen LogP contribution in [0.4, 0.5) is 0 Å². The van der Waals surface area contributed by atoms with E-state index in [1.807, 2.05) is 23.5 Å². The van der Waals surface area contributed by atoms with E-state index < -0.39 is 0 Å². The molecule has 4 rings (SSSR count). The first-order chi connectivity index (χ1) is 10.4. The van der Waals surface area contributed by atoms with Crippen LogP contribution in [0.1, 0.15) is 21.9 Å². The Kier molecular flexibility index (Phi) is 3.37. The number of nitrogens with zero attached hydrogens (tertiary/aromatic N) is 3. The average molecular weight is 299 g/mol. The molecular formula is C16H17N3OS. The normalized spacial score (nSPS) is 15.2. The molecule has 0 radical (unpaired) electrons. The second-order valence-electron chi connectivity index (χ2n) is 5.43. The molecule has 0 aromatic carbocycles.